The summed E-state index contributed by atoms with van der Waals surface area (Å²) in [4.78, 5) is 54.2. The predicted molar refractivity (Wildman–Crippen MR) is 131 cm³/mol. The average Bonchev–Trinajstić information content (AvgIpc) is 3.32. The molecule has 35 heavy (non-hydrogen) atoms. The van der Waals surface area contributed by atoms with E-state index in [1.807, 2.05) is 0 Å². The van der Waals surface area contributed by atoms with E-state index in [1.165, 1.54) is 9.80 Å². The molecule has 3 aliphatic rings. The number of rotatable bonds is 4. The fourth-order valence-corrected chi connectivity index (χ4v) is 5.78. The zero-order chi connectivity index (χ0) is 24.9. The Hall–Kier alpha value is -3.19. The number of ether oxygens (including phenoxy) is 1. The Bertz CT molecular complexity index is 1230. The molecule has 1 aliphatic carbocycles. The van der Waals surface area contributed by atoms with Crippen molar-refractivity contribution in [3.05, 3.63) is 53.1 Å². The van der Waals surface area contributed by atoms with E-state index in [0.717, 1.165) is 19.3 Å². The fourth-order valence-electron chi connectivity index (χ4n) is 5.54. The zero-order valence-corrected chi connectivity index (χ0v) is 20.5. The zero-order valence-electron chi connectivity index (χ0n) is 19.7. The van der Waals surface area contributed by atoms with Gasteiger partial charge >= 0.3 is 5.97 Å². The maximum Gasteiger partial charge on any atom is 0.316 e. The lowest BCUT2D eigenvalue weighted by Crippen LogP contribution is -2.31. The van der Waals surface area contributed by atoms with E-state index >= 15 is 0 Å². The first kappa shape index (κ1) is 23.5. The van der Waals surface area contributed by atoms with Crippen molar-refractivity contribution in [3.8, 4) is 5.75 Å². The molecular weight excluding hydrogens is 468 g/mol. The highest BCUT2D eigenvalue weighted by Gasteiger charge is 2.50. The van der Waals surface area contributed by atoms with Gasteiger partial charge < -0.3 is 9.64 Å². The molecule has 0 bridgehead atoms. The smallest absolute Gasteiger partial charge is 0.316 e. The lowest BCUT2D eigenvalue weighted by Gasteiger charge is -2.25. The average molecular weight is 495 g/mol. The number of halogens is 1. The van der Waals surface area contributed by atoms with Crippen molar-refractivity contribution in [1.29, 1.82) is 0 Å². The summed E-state index contributed by atoms with van der Waals surface area (Å²) in [5.41, 5.74) is 1.77. The standard InChI is InChI=1S/C27H27ClN2O5/c1-15-7-9-19-20(11-15)26(33)30(25(19)32)22-10-8-18(12-16(22)2)35-27(34)17-13-24(31)29(14-17)23-6-4-3-5-21(23)28/h3-6,8,10,12,15,17,19-20H,7,9,11,13-14H2,1-2H3/t15-,17+,19+,20+/m0/s1. The molecule has 0 N–H and O–H groups in total. The lowest BCUT2D eigenvalue weighted by molar-refractivity contribution is -0.139. The monoisotopic (exact) mass is 494 g/mol. The van der Waals surface area contributed by atoms with Crippen LogP contribution in [-0.2, 0) is 19.2 Å². The number of carbonyl (C=O) groups excluding carboxylic acids is 4. The molecule has 2 saturated heterocycles. The van der Waals surface area contributed by atoms with Gasteiger partial charge in [0.15, 0.2) is 0 Å². The Morgan fingerprint density at radius 1 is 1.00 bits per heavy atom. The Morgan fingerprint density at radius 2 is 1.74 bits per heavy atom. The molecule has 4 atom stereocenters. The van der Waals surface area contributed by atoms with Crippen molar-refractivity contribution >= 4 is 46.7 Å². The summed E-state index contributed by atoms with van der Waals surface area (Å²) < 4.78 is 5.58. The normalized spacial score (nSPS) is 26.3. The number of para-hydroxylation sites is 1. The van der Waals surface area contributed by atoms with Crippen LogP contribution in [0.1, 0.15) is 38.2 Å². The van der Waals surface area contributed by atoms with E-state index in [2.05, 4.69) is 6.92 Å². The third-order valence-electron chi connectivity index (χ3n) is 7.42. The van der Waals surface area contributed by atoms with Crippen LogP contribution < -0.4 is 14.5 Å². The van der Waals surface area contributed by atoms with Gasteiger partial charge in [0.2, 0.25) is 17.7 Å². The SMILES string of the molecule is Cc1cc(OC(=O)[C@@H]2CC(=O)N(c3ccccc3Cl)C2)ccc1N1C(=O)[C@@H]2CC[C@H](C)C[C@H]2C1=O. The van der Waals surface area contributed by atoms with Crippen LogP contribution in [0.25, 0.3) is 0 Å². The van der Waals surface area contributed by atoms with Gasteiger partial charge in [-0.05, 0) is 68.0 Å². The number of amides is 3. The van der Waals surface area contributed by atoms with Crippen LogP contribution in [0.4, 0.5) is 11.4 Å². The number of esters is 1. The number of hydrogen-bond acceptors (Lipinski definition) is 5. The molecule has 0 spiro atoms. The highest BCUT2D eigenvalue weighted by Crippen LogP contribution is 2.43. The maximum atomic E-state index is 13.1. The molecular formula is C27H27ClN2O5. The number of hydrogen-bond donors (Lipinski definition) is 0. The van der Waals surface area contributed by atoms with Crippen LogP contribution >= 0.6 is 11.6 Å². The van der Waals surface area contributed by atoms with Crippen LogP contribution in [0.5, 0.6) is 5.75 Å². The van der Waals surface area contributed by atoms with Crippen molar-refractivity contribution in [2.75, 3.05) is 16.3 Å². The summed E-state index contributed by atoms with van der Waals surface area (Å²) in [7, 11) is 0. The summed E-state index contributed by atoms with van der Waals surface area (Å²) in [6.07, 6.45) is 2.48. The van der Waals surface area contributed by atoms with Crippen molar-refractivity contribution in [1.82, 2.24) is 0 Å². The highest BCUT2D eigenvalue weighted by atomic mass is 35.5. The second kappa shape index (κ2) is 9.11. The third-order valence-corrected chi connectivity index (χ3v) is 7.74. The molecule has 7 nitrogen and oxygen atoms in total. The molecule has 0 unspecified atom stereocenters. The van der Waals surface area contributed by atoms with E-state index in [0.29, 0.717) is 33.6 Å². The molecule has 1 saturated carbocycles. The van der Waals surface area contributed by atoms with Gasteiger partial charge in [-0.25, -0.2) is 4.90 Å². The van der Waals surface area contributed by atoms with E-state index in [1.54, 1.807) is 49.4 Å². The summed E-state index contributed by atoms with van der Waals surface area (Å²) in [6, 6.07) is 11.9. The van der Waals surface area contributed by atoms with E-state index in [9.17, 15) is 19.2 Å². The lowest BCUT2D eigenvalue weighted by atomic mass is 9.76. The fraction of sp³-hybridized carbons (Fsp3) is 0.407. The van der Waals surface area contributed by atoms with Crippen molar-refractivity contribution in [2.24, 2.45) is 23.7 Å². The minimum absolute atomic E-state index is 0.0408. The van der Waals surface area contributed by atoms with Gasteiger partial charge in [0.25, 0.3) is 0 Å². The van der Waals surface area contributed by atoms with E-state index in [-0.39, 0.29) is 42.5 Å². The molecule has 182 valence electrons. The molecule has 2 aromatic carbocycles. The number of imide groups is 1. The van der Waals surface area contributed by atoms with Crippen molar-refractivity contribution in [2.45, 2.75) is 39.5 Å². The number of nitrogens with zero attached hydrogens (tertiary/aromatic N) is 2. The molecule has 5 rings (SSSR count). The van der Waals surface area contributed by atoms with Crippen LogP contribution in [0.15, 0.2) is 42.5 Å². The second-order valence-electron chi connectivity index (χ2n) is 9.87. The van der Waals surface area contributed by atoms with Gasteiger partial charge in [0, 0.05) is 13.0 Å². The van der Waals surface area contributed by atoms with Crippen LogP contribution in [0, 0.1) is 30.6 Å². The largest absolute Gasteiger partial charge is 0.426 e. The van der Waals surface area contributed by atoms with Crippen molar-refractivity contribution in [3.63, 3.8) is 0 Å². The Morgan fingerprint density at radius 3 is 2.49 bits per heavy atom. The minimum atomic E-state index is -0.620. The topological polar surface area (TPSA) is 84.0 Å². The molecule has 2 aromatic rings. The summed E-state index contributed by atoms with van der Waals surface area (Å²) in [5.74, 6) is -1.32. The van der Waals surface area contributed by atoms with Crippen LogP contribution in [0.3, 0.4) is 0 Å². The Balaban J connectivity index is 1.29. The first-order valence-electron chi connectivity index (χ1n) is 12.0. The van der Waals surface area contributed by atoms with E-state index < -0.39 is 11.9 Å². The first-order chi connectivity index (χ1) is 16.7. The summed E-state index contributed by atoms with van der Waals surface area (Å²) in [5, 5.41) is 0.446. The number of aryl methyl sites for hydroxylation is 1. The molecule has 2 aliphatic heterocycles. The van der Waals surface area contributed by atoms with Gasteiger partial charge in [0.1, 0.15) is 5.75 Å². The number of fused-ring (bicyclic) bond motifs is 1. The first-order valence-corrected chi connectivity index (χ1v) is 12.4. The molecule has 0 aromatic heterocycles. The highest BCUT2D eigenvalue weighted by molar-refractivity contribution is 6.34. The number of benzene rings is 2. The van der Waals surface area contributed by atoms with Crippen LogP contribution in [0.2, 0.25) is 5.02 Å². The number of carbonyl (C=O) groups is 4. The van der Waals surface area contributed by atoms with Gasteiger partial charge in [-0.3, -0.25) is 19.2 Å². The molecule has 3 amide bonds. The maximum absolute atomic E-state index is 13.1. The van der Waals surface area contributed by atoms with Gasteiger partial charge in [-0.15, -0.1) is 0 Å². The Labute approximate surface area is 209 Å². The summed E-state index contributed by atoms with van der Waals surface area (Å²) >= 11 is 6.22. The molecule has 2 heterocycles. The molecule has 3 fully saturated rings. The second-order valence-corrected chi connectivity index (χ2v) is 10.3. The van der Waals surface area contributed by atoms with Gasteiger partial charge in [-0.2, -0.15) is 0 Å². The van der Waals surface area contributed by atoms with Crippen LogP contribution in [-0.4, -0.2) is 30.2 Å². The minimum Gasteiger partial charge on any atom is -0.426 e. The predicted octanol–water partition coefficient (Wildman–Crippen LogP) is 4.53. The quantitative estimate of drug-likeness (QED) is 0.354. The third kappa shape index (κ3) is 4.22. The van der Waals surface area contributed by atoms with Gasteiger partial charge in [0.05, 0.1) is 34.2 Å². The van der Waals surface area contributed by atoms with Crippen molar-refractivity contribution < 1.29 is 23.9 Å². The Kier molecular flexibility index (Phi) is 6.13. The molecule has 8 heteroatoms. The summed E-state index contributed by atoms with van der Waals surface area (Å²) in [6.45, 7) is 4.10. The van der Waals surface area contributed by atoms with E-state index in [4.69, 9.17) is 16.3 Å². The number of anilines is 2. The van der Waals surface area contributed by atoms with Gasteiger partial charge in [-0.1, -0.05) is 30.7 Å². The molecule has 0 radical (unpaired) electrons.